The SMILES string of the molecule is C=C.C=CC.C=CCc1ccc2c(c1)c(=C/Cc1ccccc1)/c(=C\C)n2C/C=C\C=NC1=CCC(C#N)C=C1.CC.CC. The van der Waals surface area contributed by atoms with Crippen molar-refractivity contribution < 1.29 is 0 Å². The van der Waals surface area contributed by atoms with Gasteiger partial charge in [0.2, 0.25) is 0 Å². The molecule has 1 heterocycles. The third-order valence-electron chi connectivity index (χ3n) is 6.23. The lowest BCUT2D eigenvalue weighted by Crippen LogP contribution is -2.29. The molecule has 2 aromatic carbocycles. The van der Waals surface area contributed by atoms with Gasteiger partial charge in [-0.1, -0.05) is 107 Å². The second kappa shape index (κ2) is 24.9. The Kier molecular flexibility index (Phi) is 22.2. The van der Waals surface area contributed by atoms with E-state index in [-0.39, 0.29) is 5.92 Å². The van der Waals surface area contributed by atoms with E-state index in [9.17, 15) is 0 Å². The van der Waals surface area contributed by atoms with Crippen molar-refractivity contribution in [2.45, 2.75) is 67.3 Å². The minimum absolute atomic E-state index is 0.0323. The zero-order valence-electron chi connectivity index (χ0n) is 28.0. The number of benzene rings is 2. The first-order valence-electron chi connectivity index (χ1n) is 15.6. The number of nitriles is 1. The van der Waals surface area contributed by atoms with E-state index in [0.29, 0.717) is 0 Å². The highest BCUT2D eigenvalue weighted by Gasteiger charge is 2.08. The standard InChI is InChI=1S/C32H31N3.C3H6.2C2H6.C2H4/c1-3-10-26-16-20-32-30(23-26)29(19-15-25-11-6-5-7-12-25)31(4-2)35(32)22-9-8-21-34-28-17-13-27(24-33)14-18-28;1-3-2;3*1-2/h3-9,11-13,16-21,23,27H,1,10,14-15,22H2,2H3;3H,1H2,2H3;2*1-2H3;1-2H2/b9-8-,29-19-,31-4+,34-21?;;;;. The summed E-state index contributed by atoms with van der Waals surface area (Å²) in [5.74, 6) is -0.0323. The fourth-order valence-electron chi connectivity index (χ4n) is 4.45. The summed E-state index contributed by atoms with van der Waals surface area (Å²) >= 11 is 0. The van der Waals surface area contributed by atoms with Gasteiger partial charge in [0, 0.05) is 34.2 Å². The molecular formula is C41H53N3. The smallest absolute Gasteiger partial charge is 0.0700 e. The molecule has 44 heavy (non-hydrogen) atoms. The Labute approximate surface area is 267 Å². The molecule has 0 radical (unpaired) electrons. The fraction of sp³-hybridized carbons (Fsp3) is 0.268. The molecule has 0 saturated carbocycles. The van der Waals surface area contributed by atoms with Crippen LogP contribution in [0.3, 0.4) is 0 Å². The first-order chi connectivity index (χ1) is 21.6. The normalized spacial score (nSPS) is 14.1. The maximum Gasteiger partial charge on any atom is 0.0700 e. The van der Waals surface area contributed by atoms with Crippen LogP contribution in [-0.2, 0) is 19.4 Å². The summed E-state index contributed by atoms with van der Waals surface area (Å²) in [6, 6.07) is 19.6. The minimum Gasteiger partial charge on any atom is -0.337 e. The molecule has 0 amide bonds. The summed E-state index contributed by atoms with van der Waals surface area (Å²) in [7, 11) is 0. The van der Waals surface area contributed by atoms with Crippen LogP contribution in [0.5, 0.6) is 0 Å². The van der Waals surface area contributed by atoms with Gasteiger partial charge in [-0.15, -0.1) is 26.3 Å². The number of hydrogen-bond donors (Lipinski definition) is 0. The average Bonchev–Trinajstić information content (AvgIpc) is 3.39. The van der Waals surface area contributed by atoms with E-state index in [2.05, 4.69) is 116 Å². The Bertz CT molecular complexity index is 1540. The van der Waals surface area contributed by atoms with Gasteiger partial charge in [-0.05, 0) is 68.5 Å². The third kappa shape index (κ3) is 12.7. The summed E-state index contributed by atoms with van der Waals surface area (Å²) in [5, 5.41) is 12.8. The molecule has 1 aliphatic carbocycles. The van der Waals surface area contributed by atoms with E-state index in [4.69, 9.17) is 5.26 Å². The van der Waals surface area contributed by atoms with Gasteiger partial charge in [0.05, 0.1) is 17.7 Å². The maximum absolute atomic E-state index is 8.99. The molecule has 0 saturated heterocycles. The molecule has 4 rings (SSSR count). The molecule has 1 unspecified atom stereocenters. The summed E-state index contributed by atoms with van der Waals surface area (Å²) in [4.78, 5) is 4.51. The second-order valence-corrected chi connectivity index (χ2v) is 9.01. The Morgan fingerprint density at radius 3 is 2.23 bits per heavy atom. The van der Waals surface area contributed by atoms with Crippen LogP contribution in [0.2, 0.25) is 0 Å². The van der Waals surface area contributed by atoms with Crippen LogP contribution in [0.25, 0.3) is 23.1 Å². The van der Waals surface area contributed by atoms with Crippen LogP contribution < -0.4 is 10.6 Å². The average molecular weight is 588 g/mol. The van der Waals surface area contributed by atoms with Crippen molar-refractivity contribution in [2.24, 2.45) is 10.9 Å². The van der Waals surface area contributed by atoms with Crippen LogP contribution in [0.1, 0.15) is 59.1 Å². The number of hydrogen-bond acceptors (Lipinski definition) is 2. The van der Waals surface area contributed by atoms with E-state index in [1.165, 1.54) is 32.6 Å². The molecule has 3 heteroatoms. The predicted octanol–water partition coefficient (Wildman–Crippen LogP) is 9.85. The maximum atomic E-state index is 8.99. The monoisotopic (exact) mass is 587 g/mol. The van der Waals surface area contributed by atoms with Crippen molar-refractivity contribution in [1.82, 2.24) is 4.57 Å². The second-order valence-electron chi connectivity index (χ2n) is 9.01. The van der Waals surface area contributed by atoms with Crippen molar-refractivity contribution in [3.8, 4) is 6.07 Å². The number of aromatic nitrogens is 1. The number of rotatable bonds is 8. The highest BCUT2D eigenvalue weighted by Crippen LogP contribution is 2.16. The molecule has 0 fully saturated rings. The third-order valence-corrected chi connectivity index (χ3v) is 6.23. The van der Waals surface area contributed by atoms with Gasteiger partial charge in [0.1, 0.15) is 0 Å². The molecular weight excluding hydrogens is 534 g/mol. The molecule has 1 aromatic heterocycles. The highest BCUT2D eigenvalue weighted by molar-refractivity contribution is 5.83. The summed E-state index contributed by atoms with van der Waals surface area (Å²) in [5.41, 5.74) is 4.72. The van der Waals surface area contributed by atoms with Crippen molar-refractivity contribution >= 4 is 29.3 Å². The molecule has 232 valence electrons. The van der Waals surface area contributed by atoms with Gasteiger partial charge in [0.25, 0.3) is 0 Å². The van der Waals surface area contributed by atoms with Gasteiger partial charge in [0.15, 0.2) is 0 Å². The molecule has 0 aliphatic heterocycles. The quantitative estimate of drug-likeness (QED) is 0.191. The van der Waals surface area contributed by atoms with Crippen LogP contribution in [-0.4, -0.2) is 10.8 Å². The Morgan fingerprint density at radius 2 is 1.66 bits per heavy atom. The number of aliphatic imine (C=N–C) groups is 1. The molecule has 3 aromatic rings. The molecule has 3 nitrogen and oxygen atoms in total. The zero-order chi connectivity index (χ0) is 33.2. The molecule has 1 atom stereocenters. The van der Waals surface area contributed by atoms with Gasteiger partial charge in [-0.25, -0.2) is 0 Å². The number of nitrogens with zero attached hydrogens (tertiary/aromatic N) is 3. The summed E-state index contributed by atoms with van der Waals surface area (Å²) < 4.78 is 2.37. The minimum atomic E-state index is -0.0323. The van der Waals surface area contributed by atoms with Crippen molar-refractivity contribution in [2.75, 3.05) is 0 Å². The first kappa shape index (κ1) is 39.3. The van der Waals surface area contributed by atoms with Crippen LogP contribution in [0.15, 0.2) is 128 Å². The Balaban J connectivity index is 0.00000187. The summed E-state index contributed by atoms with van der Waals surface area (Å²) in [6.07, 6.45) is 22.5. The zero-order valence-corrected chi connectivity index (χ0v) is 28.0. The van der Waals surface area contributed by atoms with Crippen molar-refractivity contribution in [1.29, 1.82) is 5.26 Å². The lowest BCUT2D eigenvalue weighted by Gasteiger charge is -2.05. The van der Waals surface area contributed by atoms with Crippen molar-refractivity contribution in [3.63, 3.8) is 0 Å². The van der Waals surface area contributed by atoms with Gasteiger partial charge >= 0.3 is 0 Å². The molecule has 0 N–H and O–H groups in total. The topological polar surface area (TPSA) is 41.1 Å². The Morgan fingerprint density at radius 1 is 0.977 bits per heavy atom. The van der Waals surface area contributed by atoms with E-state index in [1.54, 1.807) is 6.08 Å². The number of fused-ring (bicyclic) bond motifs is 1. The first-order valence-corrected chi connectivity index (χ1v) is 15.6. The molecule has 0 bridgehead atoms. The number of allylic oxidation sites excluding steroid dienone is 7. The van der Waals surface area contributed by atoms with E-state index >= 15 is 0 Å². The van der Waals surface area contributed by atoms with Crippen LogP contribution in [0, 0.1) is 17.2 Å². The largest absolute Gasteiger partial charge is 0.337 e. The van der Waals surface area contributed by atoms with E-state index in [0.717, 1.165) is 31.5 Å². The van der Waals surface area contributed by atoms with E-state index in [1.807, 2.05) is 71.2 Å². The highest BCUT2D eigenvalue weighted by atomic mass is 15.0. The lowest BCUT2D eigenvalue weighted by atomic mass is 10.0. The van der Waals surface area contributed by atoms with Gasteiger partial charge in [-0.3, -0.25) is 4.99 Å². The van der Waals surface area contributed by atoms with Crippen LogP contribution in [0.4, 0.5) is 0 Å². The molecule has 1 aliphatic rings. The lowest BCUT2D eigenvalue weighted by molar-refractivity contribution is 0.827. The van der Waals surface area contributed by atoms with Crippen LogP contribution >= 0.6 is 0 Å². The summed E-state index contributed by atoms with van der Waals surface area (Å²) in [6.45, 7) is 26.0. The predicted molar refractivity (Wildman–Crippen MR) is 198 cm³/mol. The molecule has 0 spiro atoms. The van der Waals surface area contributed by atoms with Crippen molar-refractivity contribution in [3.05, 3.63) is 145 Å². The van der Waals surface area contributed by atoms with Gasteiger partial charge < -0.3 is 4.57 Å². The van der Waals surface area contributed by atoms with Gasteiger partial charge in [-0.2, -0.15) is 5.26 Å². The van der Waals surface area contributed by atoms with E-state index < -0.39 is 0 Å². The fourth-order valence-corrected chi connectivity index (χ4v) is 4.45. The Hall–Kier alpha value is -4.68.